The monoisotopic (exact) mass is 340 g/mol. The van der Waals surface area contributed by atoms with Crippen LogP contribution in [0.5, 0.6) is 0 Å². The third-order valence-corrected chi connectivity index (χ3v) is 8.74. The number of Topliss-reactive ketones (excluding diaryl/α,β-unsaturated/α-hetero) is 1. The predicted molar refractivity (Wildman–Crippen MR) is 99.6 cm³/mol. The molecule has 0 aromatic heterocycles. The van der Waals surface area contributed by atoms with Gasteiger partial charge in [0.2, 0.25) is 0 Å². The third kappa shape index (κ3) is 2.18. The highest BCUT2D eigenvalue weighted by Gasteiger charge is 2.61. The summed E-state index contributed by atoms with van der Waals surface area (Å²) in [6.45, 7) is 6.81. The van der Waals surface area contributed by atoms with E-state index < -0.39 is 0 Å². The van der Waals surface area contributed by atoms with E-state index in [0.717, 1.165) is 44.9 Å². The van der Waals surface area contributed by atoms with Crippen molar-refractivity contribution in [3.05, 3.63) is 11.6 Å². The zero-order valence-corrected chi connectivity index (χ0v) is 15.9. The molecule has 0 bridgehead atoms. The van der Waals surface area contributed by atoms with Crippen LogP contribution < -0.4 is 0 Å². The van der Waals surface area contributed by atoms with Crippen LogP contribution in [0.4, 0.5) is 0 Å². The summed E-state index contributed by atoms with van der Waals surface area (Å²) in [5, 5.41) is 10.4. The molecular formula is C23H32O2. The molecule has 1 N–H and O–H groups in total. The number of carbonyl (C=O) groups excluding carboxylic acids is 1. The van der Waals surface area contributed by atoms with E-state index in [2.05, 4.69) is 32.8 Å². The maximum absolute atomic E-state index is 13.0. The van der Waals surface area contributed by atoms with E-state index in [0.29, 0.717) is 23.5 Å². The highest BCUT2D eigenvalue weighted by Crippen LogP contribution is 2.65. The van der Waals surface area contributed by atoms with Crippen LogP contribution >= 0.6 is 0 Å². The molecule has 25 heavy (non-hydrogen) atoms. The maximum atomic E-state index is 13.0. The van der Waals surface area contributed by atoms with Crippen molar-refractivity contribution in [2.45, 2.75) is 71.8 Å². The molecule has 0 aromatic rings. The van der Waals surface area contributed by atoms with Gasteiger partial charge in [-0.2, -0.15) is 0 Å². The second-order valence-electron chi connectivity index (χ2n) is 9.60. The first-order valence-corrected chi connectivity index (χ1v) is 10.3. The van der Waals surface area contributed by atoms with Crippen LogP contribution in [-0.2, 0) is 4.79 Å². The largest absolute Gasteiger partial charge is 0.391 e. The van der Waals surface area contributed by atoms with Gasteiger partial charge in [-0.3, -0.25) is 4.79 Å². The SMILES string of the molecule is C#CC1C2=CC[C@@H]3[C@@H](CC[C@]4(C)C(=O)C(CC)C[C@@H]34)[C@@]2(C)CCC1O. The summed E-state index contributed by atoms with van der Waals surface area (Å²) in [5.41, 5.74) is 1.35. The fourth-order valence-electron chi connectivity index (χ4n) is 7.24. The first-order chi connectivity index (χ1) is 11.9. The molecule has 3 saturated carbocycles. The summed E-state index contributed by atoms with van der Waals surface area (Å²) < 4.78 is 0. The molecule has 0 heterocycles. The molecule has 4 aliphatic rings. The number of allylic oxidation sites excluding steroid dienone is 1. The second-order valence-corrected chi connectivity index (χ2v) is 9.60. The van der Waals surface area contributed by atoms with Crippen LogP contribution in [0.25, 0.3) is 0 Å². The van der Waals surface area contributed by atoms with Gasteiger partial charge in [-0.15, -0.1) is 6.42 Å². The van der Waals surface area contributed by atoms with Gasteiger partial charge in [0.05, 0.1) is 12.0 Å². The predicted octanol–water partition coefficient (Wildman–Crippen LogP) is 4.37. The molecule has 3 fully saturated rings. The minimum atomic E-state index is -0.382. The number of ketones is 1. The Labute approximate surface area is 152 Å². The molecule has 0 radical (unpaired) electrons. The van der Waals surface area contributed by atoms with E-state index in [1.807, 2.05) is 0 Å². The van der Waals surface area contributed by atoms with Crippen LogP contribution in [0, 0.1) is 52.8 Å². The summed E-state index contributed by atoms with van der Waals surface area (Å²) in [5.74, 6) is 5.36. The molecule has 8 atom stereocenters. The lowest BCUT2D eigenvalue weighted by atomic mass is 9.47. The van der Waals surface area contributed by atoms with Crippen molar-refractivity contribution < 1.29 is 9.90 Å². The lowest BCUT2D eigenvalue weighted by Gasteiger charge is -2.57. The number of fused-ring (bicyclic) bond motifs is 5. The molecule has 3 unspecified atom stereocenters. The van der Waals surface area contributed by atoms with E-state index in [-0.39, 0.29) is 28.8 Å². The van der Waals surface area contributed by atoms with Crippen LogP contribution in [-0.4, -0.2) is 17.0 Å². The van der Waals surface area contributed by atoms with E-state index in [1.54, 1.807) is 0 Å². The number of aliphatic hydroxyl groups is 1. The van der Waals surface area contributed by atoms with Gasteiger partial charge in [0, 0.05) is 11.3 Å². The molecule has 136 valence electrons. The molecule has 4 aliphatic carbocycles. The minimum absolute atomic E-state index is 0.0940. The van der Waals surface area contributed by atoms with Crippen LogP contribution in [0.3, 0.4) is 0 Å². The van der Waals surface area contributed by atoms with E-state index in [4.69, 9.17) is 6.42 Å². The molecule has 0 amide bonds. The molecule has 0 aliphatic heterocycles. The highest BCUT2D eigenvalue weighted by molar-refractivity contribution is 5.89. The molecular weight excluding hydrogens is 308 g/mol. The van der Waals surface area contributed by atoms with Gasteiger partial charge < -0.3 is 5.11 Å². The maximum Gasteiger partial charge on any atom is 0.142 e. The Morgan fingerprint density at radius 2 is 1.96 bits per heavy atom. The lowest BCUT2D eigenvalue weighted by molar-refractivity contribution is -0.134. The van der Waals surface area contributed by atoms with E-state index in [1.165, 1.54) is 5.57 Å². The summed E-state index contributed by atoms with van der Waals surface area (Å²) in [6.07, 6.45) is 14.9. The number of aliphatic hydroxyl groups excluding tert-OH is 1. The third-order valence-electron chi connectivity index (χ3n) is 8.74. The Morgan fingerprint density at radius 1 is 1.24 bits per heavy atom. The fraction of sp³-hybridized carbons (Fsp3) is 0.783. The molecule has 0 spiro atoms. The Balaban J connectivity index is 1.71. The first-order valence-electron chi connectivity index (χ1n) is 10.3. The van der Waals surface area contributed by atoms with Crippen LogP contribution in [0.1, 0.15) is 65.7 Å². The Bertz CT molecular complexity index is 655. The number of rotatable bonds is 1. The fourth-order valence-corrected chi connectivity index (χ4v) is 7.24. The van der Waals surface area contributed by atoms with E-state index in [9.17, 15) is 9.90 Å². The molecule has 2 nitrogen and oxygen atoms in total. The van der Waals surface area contributed by atoms with Crippen LogP contribution in [0.2, 0.25) is 0 Å². The van der Waals surface area contributed by atoms with Gasteiger partial charge >= 0.3 is 0 Å². The van der Waals surface area contributed by atoms with Gasteiger partial charge in [-0.05, 0) is 68.1 Å². The Morgan fingerprint density at radius 3 is 2.64 bits per heavy atom. The van der Waals surface area contributed by atoms with Crippen molar-refractivity contribution >= 4 is 5.78 Å². The smallest absolute Gasteiger partial charge is 0.142 e. The van der Waals surface area contributed by atoms with E-state index >= 15 is 0 Å². The summed E-state index contributed by atoms with van der Waals surface area (Å²) >= 11 is 0. The number of hydrogen-bond acceptors (Lipinski definition) is 2. The van der Waals surface area contributed by atoms with Crippen molar-refractivity contribution in [3.8, 4) is 12.3 Å². The van der Waals surface area contributed by atoms with Crippen LogP contribution in [0.15, 0.2) is 11.6 Å². The standard InChI is InChI=1S/C23H32O2/c1-5-14-13-19-16-7-8-17-15(6-2)20(24)10-12-22(17,3)18(16)9-11-23(19,4)21(14)25/h2,8,14-16,18-20,24H,5,7,9-13H2,1,3-4H3/t14?,15?,16-,18-,19+,20?,22+,23+/m1/s1. The Hall–Kier alpha value is -1.07. The average molecular weight is 341 g/mol. The van der Waals surface area contributed by atoms with Gasteiger partial charge in [0.25, 0.3) is 0 Å². The highest BCUT2D eigenvalue weighted by atomic mass is 16.3. The van der Waals surface area contributed by atoms with Gasteiger partial charge in [-0.25, -0.2) is 0 Å². The zero-order valence-electron chi connectivity index (χ0n) is 15.9. The lowest BCUT2D eigenvalue weighted by Crippen LogP contribution is -2.52. The van der Waals surface area contributed by atoms with Crippen molar-refractivity contribution in [2.75, 3.05) is 0 Å². The molecule has 4 rings (SSSR count). The van der Waals surface area contributed by atoms with Gasteiger partial charge in [0.15, 0.2) is 0 Å². The van der Waals surface area contributed by atoms with Gasteiger partial charge in [-0.1, -0.05) is 38.3 Å². The molecule has 0 saturated heterocycles. The summed E-state index contributed by atoms with van der Waals surface area (Å²) in [4.78, 5) is 13.0. The normalized spacial score (nSPS) is 51.8. The van der Waals surface area contributed by atoms with Crippen molar-refractivity contribution in [3.63, 3.8) is 0 Å². The van der Waals surface area contributed by atoms with Crippen molar-refractivity contribution in [1.29, 1.82) is 0 Å². The topological polar surface area (TPSA) is 37.3 Å². The number of hydrogen-bond donors (Lipinski definition) is 1. The van der Waals surface area contributed by atoms with Crippen molar-refractivity contribution in [2.24, 2.45) is 40.4 Å². The number of terminal acetylenes is 1. The average Bonchev–Trinajstić information content (AvgIpc) is 2.86. The zero-order chi connectivity index (χ0) is 18.0. The molecule has 2 heteroatoms. The minimum Gasteiger partial charge on any atom is -0.391 e. The summed E-state index contributed by atoms with van der Waals surface area (Å²) in [7, 11) is 0. The van der Waals surface area contributed by atoms with Gasteiger partial charge in [0.1, 0.15) is 5.78 Å². The summed E-state index contributed by atoms with van der Waals surface area (Å²) in [6, 6.07) is 0. The Kier molecular flexibility index (Phi) is 3.97. The van der Waals surface area contributed by atoms with Crippen molar-refractivity contribution in [1.82, 2.24) is 0 Å². The quantitative estimate of drug-likeness (QED) is 0.568. The molecule has 0 aromatic carbocycles. The first kappa shape index (κ1) is 17.3. The number of carbonyl (C=O) groups is 1. The second kappa shape index (κ2) is 5.71.